The minimum absolute atomic E-state index is 0.0321. The van der Waals surface area contributed by atoms with Gasteiger partial charge in [-0.05, 0) is 24.6 Å². The van der Waals surface area contributed by atoms with Gasteiger partial charge in [0.15, 0.2) is 0 Å². The highest BCUT2D eigenvalue weighted by atomic mass is 35.5. The molecule has 2 N–H and O–H groups in total. The van der Waals surface area contributed by atoms with Crippen LogP contribution in [0.3, 0.4) is 0 Å². The number of amides is 2. The average Bonchev–Trinajstić information content (AvgIpc) is 2.44. The molecule has 0 radical (unpaired) electrons. The van der Waals surface area contributed by atoms with E-state index in [1.807, 2.05) is 31.2 Å². The Hall–Kier alpha value is -1.59. The fraction of sp³-hybridized carbons (Fsp3) is 0.429. The van der Waals surface area contributed by atoms with E-state index in [1.165, 1.54) is 4.90 Å². The predicted molar refractivity (Wildman–Crippen MR) is 79.6 cm³/mol. The number of nitrogens with one attached hydrogen (secondary N) is 2. The first-order valence-corrected chi connectivity index (χ1v) is 6.75. The second kappa shape index (κ2) is 7.87. The summed E-state index contributed by atoms with van der Waals surface area (Å²) in [4.78, 5) is 24.4. The first-order valence-electron chi connectivity index (χ1n) is 6.37. The van der Waals surface area contributed by atoms with Crippen molar-refractivity contribution in [3.05, 3.63) is 34.9 Å². The quantitative estimate of drug-likeness (QED) is 0.829. The van der Waals surface area contributed by atoms with Gasteiger partial charge in [0.2, 0.25) is 11.8 Å². The fourth-order valence-electron chi connectivity index (χ4n) is 1.63. The fourth-order valence-corrected chi connectivity index (χ4v) is 1.75. The van der Waals surface area contributed by atoms with E-state index in [1.54, 1.807) is 14.1 Å². The molecule has 0 aliphatic carbocycles. The summed E-state index contributed by atoms with van der Waals surface area (Å²) >= 11 is 5.83. The standard InChI is InChI=1S/C14H20ClN3O2/c1-10(11-4-6-12(15)7-5-11)17-8-14(20)18(3)9-13(19)16-2/h4-7,10,17H,8-9H2,1-3H3,(H,16,19)/t10-/m1/s1. The lowest BCUT2D eigenvalue weighted by molar-refractivity contribution is -0.133. The third kappa shape index (κ3) is 5.19. The van der Waals surface area contributed by atoms with Crippen LogP contribution in [0.15, 0.2) is 24.3 Å². The van der Waals surface area contributed by atoms with Crippen LogP contribution >= 0.6 is 11.6 Å². The van der Waals surface area contributed by atoms with Gasteiger partial charge in [-0.3, -0.25) is 9.59 Å². The van der Waals surface area contributed by atoms with Crippen LogP contribution in [0.1, 0.15) is 18.5 Å². The van der Waals surface area contributed by atoms with E-state index in [-0.39, 0.29) is 30.9 Å². The Bertz CT molecular complexity index is 462. The zero-order chi connectivity index (χ0) is 15.1. The van der Waals surface area contributed by atoms with E-state index in [0.717, 1.165) is 5.56 Å². The van der Waals surface area contributed by atoms with Crippen LogP contribution in [-0.2, 0) is 9.59 Å². The number of nitrogens with zero attached hydrogens (tertiary/aromatic N) is 1. The highest BCUT2D eigenvalue weighted by molar-refractivity contribution is 6.30. The van der Waals surface area contributed by atoms with Gasteiger partial charge >= 0.3 is 0 Å². The number of hydrogen-bond donors (Lipinski definition) is 2. The molecule has 5 nitrogen and oxygen atoms in total. The van der Waals surface area contributed by atoms with Gasteiger partial charge in [-0.25, -0.2) is 0 Å². The largest absolute Gasteiger partial charge is 0.358 e. The van der Waals surface area contributed by atoms with E-state index < -0.39 is 0 Å². The summed E-state index contributed by atoms with van der Waals surface area (Å²) in [6.45, 7) is 2.21. The number of rotatable bonds is 6. The minimum atomic E-state index is -0.188. The molecule has 0 spiro atoms. The van der Waals surface area contributed by atoms with Crippen molar-refractivity contribution in [3.63, 3.8) is 0 Å². The summed E-state index contributed by atoms with van der Waals surface area (Å²) in [7, 11) is 3.15. The number of halogens is 1. The van der Waals surface area contributed by atoms with Crippen molar-refractivity contribution in [2.24, 2.45) is 0 Å². The molecule has 1 rings (SSSR count). The molecular formula is C14H20ClN3O2. The minimum Gasteiger partial charge on any atom is -0.358 e. The van der Waals surface area contributed by atoms with Gasteiger partial charge < -0.3 is 15.5 Å². The molecule has 2 amide bonds. The van der Waals surface area contributed by atoms with E-state index in [4.69, 9.17) is 11.6 Å². The van der Waals surface area contributed by atoms with E-state index >= 15 is 0 Å². The summed E-state index contributed by atoms with van der Waals surface area (Å²) in [5, 5.41) is 6.29. The second-order valence-corrected chi connectivity index (χ2v) is 5.01. The number of carbonyl (C=O) groups is 2. The maximum absolute atomic E-state index is 11.8. The lowest BCUT2D eigenvalue weighted by atomic mass is 10.1. The molecule has 20 heavy (non-hydrogen) atoms. The van der Waals surface area contributed by atoms with Crippen LogP contribution < -0.4 is 10.6 Å². The van der Waals surface area contributed by atoms with Crippen LogP contribution in [0.2, 0.25) is 5.02 Å². The molecule has 6 heteroatoms. The molecule has 1 aromatic rings. The molecule has 1 atom stereocenters. The van der Waals surface area contributed by atoms with Crippen molar-refractivity contribution in [2.45, 2.75) is 13.0 Å². The Kier molecular flexibility index (Phi) is 6.48. The van der Waals surface area contributed by atoms with Crippen LogP contribution in [0.4, 0.5) is 0 Å². The Labute approximate surface area is 124 Å². The maximum atomic E-state index is 11.8. The SMILES string of the molecule is CNC(=O)CN(C)C(=O)CN[C@H](C)c1ccc(Cl)cc1. The number of benzene rings is 1. The molecule has 0 heterocycles. The molecule has 110 valence electrons. The topological polar surface area (TPSA) is 61.4 Å². The summed E-state index contributed by atoms with van der Waals surface area (Å²) in [5.41, 5.74) is 1.05. The molecule has 1 aromatic carbocycles. The van der Waals surface area contributed by atoms with Gasteiger partial charge in [-0.2, -0.15) is 0 Å². The van der Waals surface area contributed by atoms with Gasteiger partial charge in [0.1, 0.15) is 0 Å². The van der Waals surface area contributed by atoms with Crippen molar-refractivity contribution in [1.29, 1.82) is 0 Å². The van der Waals surface area contributed by atoms with Gasteiger partial charge in [0, 0.05) is 25.2 Å². The highest BCUT2D eigenvalue weighted by Gasteiger charge is 2.13. The lowest BCUT2D eigenvalue weighted by Crippen LogP contribution is -2.41. The smallest absolute Gasteiger partial charge is 0.239 e. The van der Waals surface area contributed by atoms with Gasteiger partial charge in [-0.15, -0.1) is 0 Å². The molecule has 0 aromatic heterocycles. The summed E-state index contributed by atoms with van der Waals surface area (Å²) in [6.07, 6.45) is 0. The van der Waals surface area contributed by atoms with Crippen molar-refractivity contribution in [2.75, 3.05) is 27.2 Å². The van der Waals surface area contributed by atoms with Gasteiger partial charge in [0.25, 0.3) is 0 Å². The zero-order valence-electron chi connectivity index (χ0n) is 11.9. The monoisotopic (exact) mass is 297 g/mol. The second-order valence-electron chi connectivity index (χ2n) is 4.58. The van der Waals surface area contributed by atoms with Gasteiger partial charge in [0.05, 0.1) is 13.1 Å². The number of likely N-dealkylation sites (N-methyl/N-ethyl adjacent to an activating group) is 2. The summed E-state index contributed by atoms with van der Waals surface area (Å²) in [5.74, 6) is -0.319. The normalized spacial score (nSPS) is 11.8. The number of hydrogen-bond acceptors (Lipinski definition) is 3. The average molecular weight is 298 g/mol. The summed E-state index contributed by atoms with van der Waals surface area (Å²) < 4.78 is 0. The lowest BCUT2D eigenvalue weighted by Gasteiger charge is -2.19. The summed E-state index contributed by atoms with van der Waals surface area (Å²) in [6, 6.07) is 7.49. The van der Waals surface area contributed by atoms with Crippen LogP contribution in [0.5, 0.6) is 0 Å². The van der Waals surface area contributed by atoms with Gasteiger partial charge in [-0.1, -0.05) is 23.7 Å². The Morgan fingerprint density at radius 3 is 2.45 bits per heavy atom. The van der Waals surface area contributed by atoms with Crippen molar-refractivity contribution in [1.82, 2.24) is 15.5 Å². The first kappa shape index (κ1) is 16.5. The molecule has 0 unspecified atom stereocenters. The molecule has 0 bridgehead atoms. The van der Waals surface area contributed by atoms with Crippen molar-refractivity contribution in [3.8, 4) is 0 Å². The third-order valence-corrected chi connectivity index (χ3v) is 3.27. The first-order chi connectivity index (χ1) is 9.43. The van der Waals surface area contributed by atoms with Crippen LogP contribution in [0, 0.1) is 0 Å². The van der Waals surface area contributed by atoms with E-state index in [2.05, 4.69) is 10.6 Å². The van der Waals surface area contributed by atoms with Crippen molar-refractivity contribution >= 4 is 23.4 Å². The van der Waals surface area contributed by atoms with E-state index in [0.29, 0.717) is 5.02 Å². The molecule has 0 fully saturated rings. The number of carbonyl (C=O) groups excluding carboxylic acids is 2. The molecule has 0 aliphatic rings. The van der Waals surface area contributed by atoms with E-state index in [9.17, 15) is 9.59 Å². The maximum Gasteiger partial charge on any atom is 0.239 e. The predicted octanol–water partition coefficient (Wildman–Crippen LogP) is 1.20. The van der Waals surface area contributed by atoms with Crippen LogP contribution in [-0.4, -0.2) is 43.9 Å². The molecule has 0 aliphatic heterocycles. The Balaban J connectivity index is 2.44. The Morgan fingerprint density at radius 1 is 1.30 bits per heavy atom. The Morgan fingerprint density at radius 2 is 1.90 bits per heavy atom. The third-order valence-electron chi connectivity index (χ3n) is 3.01. The molecular weight excluding hydrogens is 278 g/mol. The highest BCUT2D eigenvalue weighted by Crippen LogP contribution is 2.15. The molecule has 0 saturated heterocycles. The van der Waals surface area contributed by atoms with Crippen molar-refractivity contribution < 1.29 is 9.59 Å². The van der Waals surface area contributed by atoms with Crippen LogP contribution in [0.25, 0.3) is 0 Å². The zero-order valence-corrected chi connectivity index (χ0v) is 12.7. The molecule has 0 saturated carbocycles.